The van der Waals surface area contributed by atoms with Crippen LogP contribution in [0.3, 0.4) is 0 Å². The number of halogens is 1. The zero-order chi connectivity index (χ0) is 19.7. The normalized spacial score (nSPS) is 22.5. The molecule has 28 heavy (non-hydrogen) atoms. The van der Waals surface area contributed by atoms with E-state index in [1.807, 2.05) is 23.1 Å². The number of thiophene rings is 1. The molecular formula is C20H23ClN2O3S2. The Bertz CT molecular complexity index is 965. The molecule has 2 fully saturated rings. The van der Waals surface area contributed by atoms with Crippen LogP contribution < -0.4 is 0 Å². The Labute approximate surface area is 174 Å². The number of hydrogen-bond acceptors (Lipinski definition) is 5. The largest absolute Gasteiger partial charge is 0.340 e. The summed E-state index contributed by atoms with van der Waals surface area (Å²) in [4.78, 5) is 19.3. The van der Waals surface area contributed by atoms with E-state index in [0.29, 0.717) is 19.5 Å². The van der Waals surface area contributed by atoms with Gasteiger partial charge < -0.3 is 4.90 Å². The molecule has 3 heterocycles. The lowest BCUT2D eigenvalue weighted by Gasteiger charge is -2.35. The van der Waals surface area contributed by atoms with Gasteiger partial charge >= 0.3 is 0 Å². The molecule has 2 saturated heterocycles. The fourth-order valence-corrected chi connectivity index (χ4v) is 6.82. The lowest BCUT2D eigenvalue weighted by molar-refractivity contribution is -0.136. The molecule has 1 amide bonds. The molecule has 0 unspecified atom stereocenters. The molecule has 8 heteroatoms. The van der Waals surface area contributed by atoms with Gasteiger partial charge in [0.1, 0.15) is 0 Å². The summed E-state index contributed by atoms with van der Waals surface area (Å²) < 4.78 is 23.2. The first-order valence-corrected chi connectivity index (χ1v) is 12.5. The Hall–Kier alpha value is -1.41. The molecule has 1 aromatic heterocycles. The SMILES string of the molecule is O=C([C@@H]1CCS(=O)(=O)C1)N1CCN(Cc2ccc(-c3cccc(Cl)c3)s2)CC1. The number of sulfone groups is 1. The third-order valence-electron chi connectivity index (χ3n) is 5.42. The van der Waals surface area contributed by atoms with E-state index in [1.165, 1.54) is 9.75 Å². The molecule has 2 aliphatic heterocycles. The van der Waals surface area contributed by atoms with Crippen molar-refractivity contribution in [2.24, 2.45) is 5.92 Å². The van der Waals surface area contributed by atoms with Gasteiger partial charge in [0.15, 0.2) is 9.84 Å². The molecule has 1 aromatic carbocycles. The van der Waals surface area contributed by atoms with Gasteiger partial charge in [0.2, 0.25) is 5.91 Å². The molecule has 0 spiro atoms. The van der Waals surface area contributed by atoms with Gasteiger partial charge in [-0.25, -0.2) is 8.42 Å². The van der Waals surface area contributed by atoms with Gasteiger partial charge in [-0.15, -0.1) is 11.3 Å². The fraction of sp³-hybridized carbons (Fsp3) is 0.450. The van der Waals surface area contributed by atoms with Crippen molar-refractivity contribution >= 4 is 38.7 Å². The molecule has 0 radical (unpaired) electrons. The maximum absolute atomic E-state index is 12.6. The first-order valence-electron chi connectivity index (χ1n) is 9.46. The quantitative estimate of drug-likeness (QED) is 0.735. The summed E-state index contributed by atoms with van der Waals surface area (Å²) in [5, 5.41) is 0.739. The maximum atomic E-state index is 12.6. The number of carbonyl (C=O) groups is 1. The number of benzene rings is 1. The van der Waals surface area contributed by atoms with Crippen molar-refractivity contribution in [1.82, 2.24) is 9.80 Å². The minimum atomic E-state index is -3.02. The summed E-state index contributed by atoms with van der Waals surface area (Å²) in [7, 11) is -3.02. The first-order chi connectivity index (χ1) is 13.4. The zero-order valence-electron chi connectivity index (χ0n) is 15.5. The van der Waals surface area contributed by atoms with Gasteiger partial charge in [-0.1, -0.05) is 23.7 Å². The summed E-state index contributed by atoms with van der Waals surface area (Å²) >= 11 is 7.86. The second kappa shape index (κ2) is 8.14. The van der Waals surface area contributed by atoms with Crippen molar-refractivity contribution in [2.75, 3.05) is 37.7 Å². The van der Waals surface area contributed by atoms with Crippen LogP contribution >= 0.6 is 22.9 Å². The highest BCUT2D eigenvalue weighted by atomic mass is 35.5. The molecule has 0 saturated carbocycles. The Morgan fingerprint density at radius 1 is 1.14 bits per heavy atom. The lowest BCUT2D eigenvalue weighted by atomic mass is 10.1. The van der Waals surface area contributed by atoms with Crippen molar-refractivity contribution in [3.63, 3.8) is 0 Å². The predicted octanol–water partition coefficient (Wildman–Crippen LogP) is 3.15. The number of nitrogens with zero attached hydrogens (tertiary/aromatic N) is 2. The standard InChI is InChI=1S/C20H23ClN2O3S2/c21-17-3-1-2-15(12-17)19-5-4-18(27-19)13-22-7-9-23(10-8-22)20(24)16-6-11-28(25,26)14-16/h1-5,12,16H,6-11,13-14H2/t16-/m1/s1. The van der Waals surface area contributed by atoms with Gasteiger partial charge in [-0.05, 0) is 36.2 Å². The second-order valence-corrected chi connectivity index (χ2v) is 11.3. The van der Waals surface area contributed by atoms with Crippen molar-refractivity contribution in [3.8, 4) is 10.4 Å². The Kier molecular flexibility index (Phi) is 5.78. The molecule has 0 N–H and O–H groups in total. The molecule has 0 bridgehead atoms. The number of carbonyl (C=O) groups excluding carboxylic acids is 1. The molecule has 2 aromatic rings. The van der Waals surface area contributed by atoms with Crippen molar-refractivity contribution < 1.29 is 13.2 Å². The summed E-state index contributed by atoms with van der Waals surface area (Å²) in [6.45, 7) is 3.83. The molecule has 5 nitrogen and oxygen atoms in total. The van der Waals surface area contributed by atoms with Crippen LogP contribution in [0, 0.1) is 5.92 Å². The van der Waals surface area contributed by atoms with Crippen LogP contribution in [-0.4, -0.2) is 61.8 Å². The van der Waals surface area contributed by atoms with E-state index in [2.05, 4.69) is 23.1 Å². The van der Waals surface area contributed by atoms with Crippen molar-refractivity contribution in [1.29, 1.82) is 0 Å². The van der Waals surface area contributed by atoms with Crippen molar-refractivity contribution in [3.05, 3.63) is 46.3 Å². The Balaban J connectivity index is 1.31. The van der Waals surface area contributed by atoms with E-state index in [-0.39, 0.29) is 23.3 Å². The molecule has 0 aliphatic carbocycles. The summed E-state index contributed by atoms with van der Waals surface area (Å²) in [5.74, 6) is -0.154. The number of amides is 1. The zero-order valence-corrected chi connectivity index (χ0v) is 17.9. The molecular weight excluding hydrogens is 416 g/mol. The third-order valence-corrected chi connectivity index (χ3v) is 8.54. The van der Waals surface area contributed by atoms with Crippen LogP contribution in [-0.2, 0) is 21.2 Å². The van der Waals surface area contributed by atoms with E-state index < -0.39 is 9.84 Å². The number of rotatable bonds is 4. The molecule has 4 rings (SSSR count). The molecule has 150 valence electrons. The van der Waals surface area contributed by atoms with E-state index in [4.69, 9.17) is 11.6 Å². The van der Waals surface area contributed by atoms with Crippen LogP contribution in [0.15, 0.2) is 36.4 Å². The average Bonchev–Trinajstić information content (AvgIpc) is 3.28. The highest BCUT2D eigenvalue weighted by Gasteiger charge is 2.36. The number of hydrogen-bond donors (Lipinski definition) is 0. The van der Waals surface area contributed by atoms with Crippen LogP contribution in [0.5, 0.6) is 0 Å². The third kappa shape index (κ3) is 4.59. The van der Waals surface area contributed by atoms with Gasteiger partial charge in [0, 0.05) is 47.5 Å². The van der Waals surface area contributed by atoms with Gasteiger partial charge in [-0.3, -0.25) is 9.69 Å². The first kappa shape index (κ1) is 19.9. The number of piperazine rings is 1. The van der Waals surface area contributed by atoms with Gasteiger partial charge in [-0.2, -0.15) is 0 Å². The predicted molar refractivity (Wildman–Crippen MR) is 113 cm³/mol. The van der Waals surface area contributed by atoms with Gasteiger partial charge in [0.25, 0.3) is 0 Å². The van der Waals surface area contributed by atoms with Crippen LogP contribution in [0.1, 0.15) is 11.3 Å². The highest BCUT2D eigenvalue weighted by Crippen LogP contribution is 2.30. The van der Waals surface area contributed by atoms with Crippen LogP contribution in [0.4, 0.5) is 0 Å². The average molecular weight is 439 g/mol. The Morgan fingerprint density at radius 3 is 2.61 bits per heavy atom. The van der Waals surface area contributed by atoms with Crippen LogP contribution in [0.2, 0.25) is 5.02 Å². The van der Waals surface area contributed by atoms with Gasteiger partial charge in [0.05, 0.1) is 17.4 Å². The monoisotopic (exact) mass is 438 g/mol. The summed E-state index contributed by atoms with van der Waals surface area (Å²) in [6.07, 6.45) is 0.475. The smallest absolute Gasteiger partial charge is 0.226 e. The minimum Gasteiger partial charge on any atom is -0.340 e. The van der Waals surface area contributed by atoms with E-state index in [9.17, 15) is 13.2 Å². The molecule has 1 atom stereocenters. The minimum absolute atomic E-state index is 0.0140. The van der Waals surface area contributed by atoms with E-state index in [1.54, 1.807) is 11.3 Å². The second-order valence-electron chi connectivity index (χ2n) is 7.48. The highest BCUT2D eigenvalue weighted by molar-refractivity contribution is 7.91. The fourth-order valence-electron chi connectivity index (χ4n) is 3.85. The summed E-state index contributed by atoms with van der Waals surface area (Å²) in [5.41, 5.74) is 1.13. The van der Waals surface area contributed by atoms with Crippen molar-refractivity contribution in [2.45, 2.75) is 13.0 Å². The molecule has 2 aliphatic rings. The summed E-state index contributed by atoms with van der Waals surface area (Å²) in [6, 6.07) is 12.2. The van der Waals surface area contributed by atoms with Crippen LogP contribution in [0.25, 0.3) is 10.4 Å². The Morgan fingerprint density at radius 2 is 1.93 bits per heavy atom. The topological polar surface area (TPSA) is 57.7 Å². The lowest BCUT2D eigenvalue weighted by Crippen LogP contribution is -2.50. The van der Waals surface area contributed by atoms with E-state index >= 15 is 0 Å². The van der Waals surface area contributed by atoms with E-state index in [0.717, 1.165) is 30.2 Å². The maximum Gasteiger partial charge on any atom is 0.226 e.